The lowest BCUT2D eigenvalue weighted by Crippen LogP contribution is -2.60. The van der Waals surface area contributed by atoms with Gasteiger partial charge in [-0.1, -0.05) is 28.8 Å². The van der Waals surface area contributed by atoms with Gasteiger partial charge in [-0.15, -0.1) is 0 Å². The lowest BCUT2D eigenvalue weighted by Gasteiger charge is -2.54. The van der Waals surface area contributed by atoms with Gasteiger partial charge in [-0.3, -0.25) is 0 Å². The Morgan fingerprint density at radius 2 is 2.15 bits per heavy atom. The maximum atomic E-state index is 14.0. The molecule has 2 fully saturated rings. The monoisotopic (exact) mass is 341 g/mol. The van der Waals surface area contributed by atoms with E-state index in [1.54, 1.807) is 0 Å². The van der Waals surface area contributed by atoms with Gasteiger partial charge in [0.2, 0.25) is 0 Å². The smallest absolute Gasteiger partial charge is 0.147 e. The van der Waals surface area contributed by atoms with Crippen molar-refractivity contribution < 1.29 is 9.13 Å². The SMILES string of the molecule is CCOC1CC(Nc2ccc(Br)cc2F)C12CCCC2. The quantitative estimate of drug-likeness (QED) is 0.854. The number of nitrogens with one attached hydrogen (secondary N) is 1. The van der Waals surface area contributed by atoms with Gasteiger partial charge in [0.15, 0.2) is 0 Å². The van der Waals surface area contributed by atoms with Crippen LogP contribution in [0, 0.1) is 11.2 Å². The molecule has 2 aliphatic rings. The number of benzene rings is 1. The van der Waals surface area contributed by atoms with Crippen molar-refractivity contribution in [2.45, 2.75) is 51.2 Å². The predicted octanol–water partition coefficient (Wildman–Crippen LogP) is 4.74. The Kier molecular flexibility index (Phi) is 4.04. The first-order valence-corrected chi connectivity index (χ1v) is 8.28. The van der Waals surface area contributed by atoms with Crippen molar-refractivity contribution in [3.05, 3.63) is 28.5 Å². The fourth-order valence-corrected chi connectivity index (χ4v) is 4.22. The van der Waals surface area contributed by atoms with Crippen molar-refractivity contribution in [1.82, 2.24) is 0 Å². The summed E-state index contributed by atoms with van der Waals surface area (Å²) in [4.78, 5) is 0. The first kappa shape index (κ1) is 14.3. The van der Waals surface area contributed by atoms with Crippen molar-refractivity contribution in [2.24, 2.45) is 5.41 Å². The van der Waals surface area contributed by atoms with Crippen LogP contribution in [0.3, 0.4) is 0 Å². The fourth-order valence-electron chi connectivity index (χ4n) is 3.88. The molecular formula is C16H21BrFNO. The summed E-state index contributed by atoms with van der Waals surface area (Å²) in [6.07, 6.45) is 6.28. The normalized spacial score (nSPS) is 27.6. The predicted molar refractivity (Wildman–Crippen MR) is 82.4 cm³/mol. The highest BCUT2D eigenvalue weighted by atomic mass is 79.9. The second-order valence-electron chi connectivity index (χ2n) is 5.94. The first-order valence-electron chi connectivity index (χ1n) is 7.49. The fraction of sp³-hybridized carbons (Fsp3) is 0.625. The van der Waals surface area contributed by atoms with Crippen LogP contribution in [0.25, 0.3) is 0 Å². The summed E-state index contributed by atoms with van der Waals surface area (Å²) >= 11 is 3.30. The second-order valence-corrected chi connectivity index (χ2v) is 6.86. The van der Waals surface area contributed by atoms with Crippen molar-refractivity contribution in [3.8, 4) is 0 Å². The average Bonchev–Trinajstić information content (AvgIpc) is 2.92. The van der Waals surface area contributed by atoms with Gasteiger partial charge in [0.1, 0.15) is 5.82 Å². The van der Waals surface area contributed by atoms with E-state index < -0.39 is 0 Å². The minimum Gasteiger partial charge on any atom is -0.379 e. The summed E-state index contributed by atoms with van der Waals surface area (Å²) in [7, 11) is 0. The summed E-state index contributed by atoms with van der Waals surface area (Å²) in [5.41, 5.74) is 0.842. The zero-order valence-electron chi connectivity index (χ0n) is 11.8. The summed E-state index contributed by atoms with van der Waals surface area (Å²) in [6, 6.07) is 5.56. The van der Waals surface area contributed by atoms with E-state index in [9.17, 15) is 4.39 Å². The van der Waals surface area contributed by atoms with Crippen molar-refractivity contribution in [1.29, 1.82) is 0 Å². The van der Waals surface area contributed by atoms with Crippen molar-refractivity contribution >= 4 is 21.6 Å². The Morgan fingerprint density at radius 3 is 2.80 bits per heavy atom. The van der Waals surface area contributed by atoms with Gasteiger partial charge in [-0.25, -0.2) is 4.39 Å². The number of anilines is 1. The van der Waals surface area contributed by atoms with E-state index in [2.05, 4.69) is 28.2 Å². The van der Waals surface area contributed by atoms with Gasteiger partial charge in [-0.2, -0.15) is 0 Å². The molecule has 3 rings (SSSR count). The standard InChI is InChI=1S/C16H21BrFNO/c1-2-20-15-10-14(16(15)7-3-4-8-16)19-13-6-5-11(17)9-12(13)18/h5-6,9,14-15,19H,2-4,7-8,10H2,1H3. The van der Waals surface area contributed by atoms with Crippen LogP contribution in [-0.2, 0) is 4.74 Å². The van der Waals surface area contributed by atoms with Crippen LogP contribution in [0.5, 0.6) is 0 Å². The van der Waals surface area contributed by atoms with Gasteiger partial charge in [-0.05, 0) is 44.4 Å². The molecule has 1 N–H and O–H groups in total. The molecule has 2 unspecified atom stereocenters. The van der Waals surface area contributed by atoms with Crippen LogP contribution in [0.15, 0.2) is 22.7 Å². The summed E-state index contributed by atoms with van der Waals surface area (Å²) < 4.78 is 20.6. The van der Waals surface area contributed by atoms with E-state index in [4.69, 9.17) is 4.74 Å². The number of rotatable bonds is 4. The third kappa shape index (κ3) is 2.37. The largest absolute Gasteiger partial charge is 0.379 e. The summed E-state index contributed by atoms with van der Waals surface area (Å²) in [5, 5.41) is 3.42. The van der Waals surface area contributed by atoms with Crippen LogP contribution in [0.2, 0.25) is 0 Å². The van der Waals surface area contributed by atoms with Crippen LogP contribution in [0.1, 0.15) is 39.0 Å². The van der Waals surface area contributed by atoms with E-state index in [0.29, 0.717) is 17.8 Å². The Bertz CT molecular complexity index is 487. The lowest BCUT2D eigenvalue weighted by atomic mass is 9.60. The Morgan fingerprint density at radius 1 is 1.40 bits per heavy atom. The minimum absolute atomic E-state index is 0.188. The lowest BCUT2D eigenvalue weighted by molar-refractivity contribution is -0.114. The molecule has 2 saturated carbocycles. The molecule has 0 amide bonds. The minimum atomic E-state index is -0.188. The maximum Gasteiger partial charge on any atom is 0.147 e. The second kappa shape index (κ2) is 5.64. The third-order valence-electron chi connectivity index (χ3n) is 4.95. The van der Waals surface area contributed by atoms with Crippen molar-refractivity contribution in [2.75, 3.05) is 11.9 Å². The molecule has 0 radical (unpaired) electrons. The number of halogens is 2. The highest BCUT2D eigenvalue weighted by Gasteiger charge is 2.56. The molecule has 0 aromatic heterocycles. The number of hydrogen-bond donors (Lipinski definition) is 1. The van der Waals surface area contributed by atoms with Gasteiger partial charge < -0.3 is 10.1 Å². The van der Waals surface area contributed by atoms with Gasteiger partial charge >= 0.3 is 0 Å². The highest BCUT2D eigenvalue weighted by Crippen LogP contribution is 2.55. The maximum absolute atomic E-state index is 14.0. The van der Waals surface area contributed by atoms with Gasteiger partial charge in [0.05, 0.1) is 11.8 Å². The van der Waals surface area contributed by atoms with Gasteiger partial charge in [0.25, 0.3) is 0 Å². The van der Waals surface area contributed by atoms with Crippen LogP contribution in [0.4, 0.5) is 10.1 Å². The topological polar surface area (TPSA) is 21.3 Å². The molecule has 2 aliphatic carbocycles. The Balaban J connectivity index is 1.74. The summed E-state index contributed by atoms with van der Waals surface area (Å²) in [6.45, 7) is 2.82. The van der Waals surface area contributed by atoms with Crippen LogP contribution < -0.4 is 5.32 Å². The molecule has 0 bridgehead atoms. The molecular weight excluding hydrogens is 321 g/mol. The van der Waals surface area contributed by atoms with E-state index >= 15 is 0 Å². The zero-order chi connectivity index (χ0) is 14.2. The third-order valence-corrected chi connectivity index (χ3v) is 5.44. The number of hydrogen-bond acceptors (Lipinski definition) is 2. The van der Waals surface area contributed by atoms with Crippen molar-refractivity contribution in [3.63, 3.8) is 0 Å². The highest BCUT2D eigenvalue weighted by molar-refractivity contribution is 9.10. The Hall–Kier alpha value is -0.610. The molecule has 4 heteroatoms. The zero-order valence-corrected chi connectivity index (χ0v) is 13.4. The molecule has 1 aromatic rings. The average molecular weight is 342 g/mol. The molecule has 0 saturated heterocycles. The van der Waals surface area contributed by atoms with E-state index in [0.717, 1.165) is 17.5 Å². The Labute approximate surface area is 128 Å². The van der Waals surface area contributed by atoms with Crippen LogP contribution in [-0.4, -0.2) is 18.8 Å². The van der Waals surface area contributed by atoms with E-state index in [-0.39, 0.29) is 11.2 Å². The number of ether oxygens (including phenoxy) is 1. The van der Waals surface area contributed by atoms with E-state index in [1.807, 2.05) is 12.1 Å². The summed E-state index contributed by atoms with van der Waals surface area (Å²) in [5.74, 6) is -0.188. The van der Waals surface area contributed by atoms with E-state index in [1.165, 1.54) is 31.7 Å². The molecule has 0 heterocycles. The molecule has 0 aliphatic heterocycles. The van der Waals surface area contributed by atoms with Gasteiger partial charge in [0, 0.05) is 22.5 Å². The molecule has 20 heavy (non-hydrogen) atoms. The molecule has 2 atom stereocenters. The molecule has 1 spiro atoms. The molecule has 1 aromatic carbocycles. The molecule has 2 nitrogen and oxygen atoms in total. The van der Waals surface area contributed by atoms with Crippen LogP contribution >= 0.6 is 15.9 Å². The first-order chi connectivity index (χ1) is 9.65. The molecule has 110 valence electrons.